The Labute approximate surface area is 175 Å². The Balaban J connectivity index is 1.13. The molecule has 2 saturated carbocycles. The number of fused-ring (bicyclic) bond motifs is 1. The highest BCUT2D eigenvalue weighted by Crippen LogP contribution is 2.47. The van der Waals surface area contributed by atoms with Crippen LogP contribution < -0.4 is 9.64 Å². The van der Waals surface area contributed by atoms with E-state index in [0.29, 0.717) is 18.4 Å². The van der Waals surface area contributed by atoms with E-state index >= 15 is 0 Å². The van der Waals surface area contributed by atoms with Crippen molar-refractivity contribution in [1.29, 1.82) is 0 Å². The fraction of sp³-hybridized carbons (Fsp3) is 0.708. The van der Waals surface area contributed by atoms with Crippen molar-refractivity contribution in [2.24, 2.45) is 17.8 Å². The van der Waals surface area contributed by atoms with Crippen LogP contribution in [0.4, 0.5) is 5.69 Å². The SMILES string of the molecule is COc1ccccc1N1CCN(CCC(=O)N2CC3CC4CC(C3)CC2C4)CC1. The molecule has 3 heterocycles. The minimum absolute atomic E-state index is 0.412. The predicted molar refractivity (Wildman–Crippen MR) is 115 cm³/mol. The lowest BCUT2D eigenvalue weighted by atomic mass is 9.68. The van der Waals surface area contributed by atoms with Gasteiger partial charge in [-0.3, -0.25) is 9.69 Å². The highest BCUT2D eigenvalue weighted by atomic mass is 16.5. The van der Waals surface area contributed by atoms with Crippen molar-refractivity contribution < 1.29 is 9.53 Å². The lowest BCUT2D eigenvalue weighted by Gasteiger charge is -2.39. The highest BCUT2D eigenvalue weighted by Gasteiger charge is 2.43. The average Bonchev–Trinajstić information content (AvgIpc) is 2.95. The number of hydrogen-bond acceptors (Lipinski definition) is 4. The monoisotopic (exact) mass is 397 g/mol. The van der Waals surface area contributed by atoms with Gasteiger partial charge < -0.3 is 14.5 Å². The first-order valence-corrected chi connectivity index (χ1v) is 11.6. The third-order valence-corrected chi connectivity index (χ3v) is 7.87. The molecular formula is C24H35N3O2. The number of rotatable bonds is 5. The quantitative estimate of drug-likeness (QED) is 0.764. The Morgan fingerprint density at radius 2 is 1.66 bits per heavy atom. The molecule has 0 N–H and O–H groups in total. The van der Waals surface area contributed by atoms with Crippen LogP contribution in [0, 0.1) is 17.8 Å². The summed E-state index contributed by atoms with van der Waals surface area (Å²) in [5.41, 5.74) is 1.18. The van der Waals surface area contributed by atoms with Gasteiger partial charge in [0.05, 0.1) is 12.8 Å². The normalized spacial score (nSPS) is 31.8. The van der Waals surface area contributed by atoms with Crippen molar-refractivity contribution in [3.05, 3.63) is 24.3 Å². The molecule has 1 aromatic rings. The van der Waals surface area contributed by atoms with Gasteiger partial charge in [-0.1, -0.05) is 12.1 Å². The van der Waals surface area contributed by atoms with Crippen molar-refractivity contribution >= 4 is 11.6 Å². The van der Waals surface area contributed by atoms with E-state index in [0.717, 1.165) is 62.8 Å². The highest BCUT2D eigenvalue weighted by molar-refractivity contribution is 5.77. The molecule has 29 heavy (non-hydrogen) atoms. The standard InChI is InChI=1S/C24H35N3O2/c1-29-23-5-3-2-4-22(23)26-10-8-25(9-11-26)7-6-24(28)27-17-20-13-18-12-19(14-20)16-21(27)15-18/h2-5,18-21H,6-17H2,1H3. The average molecular weight is 398 g/mol. The maximum Gasteiger partial charge on any atom is 0.224 e. The van der Waals surface area contributed by atoms with Gasteiger partial charge in [-0.2, -0.15) is 0 Å². The van der Waals surface area contributed by atoms with Gasteiger partial charge >= 0.3 is 0 Å². The summed E-state index contributed by atoms with van der Waals surface area (Å²) in [7, 11) is 1.74. The van der Waals surface area contributed by atoms with Crippen LogP contribution in [-0.4, -0.2) is 68.1 Å². The van der Waals surface area contributed by atoms with Crippen LogP contribution in [-0.2, 0) is 4.79 Å². The molecule has 5 nitrogen and oxygen atoms in total. The zero-order chi connectivity index (χ0) is 19.8. The zero-order valence-corrected chi connectivity index (χ0v) is 17.8. The third kappa shape index (κ3) is 3.98. The van der Waals surface area contributed by atoms with Crippen LogP contribution in [0.2, 0.25) is 0 Å². The first-order chi connectivity index (χ1) is 14.2. The smallest absolute Gasteiger partial charge is 0.224 e. The van der Waals surface area contributed by atoms with E-state index in [1.54, 1.807) is 7.11 Å². The summed E-state index contributed by atoms with van der Waals surface area (Å²) < 4.78 is 5.52. The molecule has 2 atom stereocenters. The van der Waals surface area contributed by atoms with Gasteiger partial charge in [-0.25, -0.2) is 0 Å². The second-order valence-corrected chi connectivity index (χ2v) is 9.73. The summed E-state index contributed by atoms with van der Waals surface area (Å²) in [6.45, 7) is 5.96. The van der Waals surface area contributed by atoms with Crippen LogP contribution in [0.15, 0.2) is 24.3 Å². The first kappa shape index (κ1) is 19.2. The summed E-state index contributed by atoms with van der Waals surface area (Å²) in [5.74, 6) is 3.94. The molecule has 1 aromatic carbocycles. The fourth-order valence-corrected chi connectivity index (χ4v) is 6.59. The molecule has 6 rings (SSSR count). The molecule has 0 spiro atoms. The largest absolute Gasteiger partial charge is 0.495 e. The lowest BCUT2D eigenvalue weighted by Crippen LogP contribution is -2.48. The van der Waals surface area contributed by atoms with Gasteiger partial charge in [0.15, 0.2) is 0 Å². The summed E-state index contributed by atoms with van der Waals surface area (Å²) in [4.78, 5) is 20.3. The maximum absolute atomic E-state index is 13.1. The number of amides is 1. The van der Waals surface area contributed by atoms with Gasteiger partial charge in [0.1, 0.15) is 5.75 Å². The topological polar surface area (TPSA) is 36.0 Å². The molecule has 5 heteroatoms. The molecule has 0 radical (unpaired) electrons. The van der Waals surface area contributed by atoms with Crippen molar-refractivity contribution in [2.75, 3.05) is 51.3 Å². The Morgan fingerprint density at radius 3 is 2.38 bits per heavy atom. The molecule has 0 aromatic heterocycles. The number of para-hydroxylation sites is 2. The van der Waals surface area contributed by atoms with E-state index in [1.165, 1.54) is 37.8 Å². The summed E-state index contributed by atoms with van der Waals surface area (Å²) in [6.07, 6.45) is 7.43. The molecule has 1 amide bonds. The minimum atomic E-state index is 0.412. The number of benzene rings is 1. The Bertz CT molecular complexity index is 717. The Morgan fingerprint density at radius 1 is 0.966 bits per heavy atom. The van der Waals surface area contributed by atoms with E-state index in [2.05, 4.69) is 26.8 Å². The number of anilines is 1. The number of hydrogen-bond donors (Lipinski definition) is 0. The lowest BCUT2D eigenvalue weighted by molar-refractivity contribution is -0.134. The van der Waals surface area contributed by atoms with E-state index in [-0.39, 0.29) is 0 Å². The molecule has 5 fully saturated rings. The second-order valence-electron chi connectivity index (χ2n) is 9.73. The molecule has 2 unspecified atom stereocenters. The van der Waals surface area contributed by atoms with Crippen molar-refractivity contribution in [3.8, 4) is 5.75 Å². The predicted octanol–water partition coefficient (Wildman–Crippen LogP) is 3.24. The Hall–Kier alpha value is -1.75. The first-order valence-electron chi connectivity index (χ1n) is 11.6. The summed E-state index contributed by atoms with van der Waals surface area (Å²) >= 11 is 0. The van der Waals surface area contributed by atoms with E-state index in [1.807, 2.05) is 12.1 Å². The number of methoxy groups -OCH3 is 1. The molecule has 3 aliphatic heterocycles. The number of ether oxygens (including phenoxy) is 1. The van der Waals surface area contributed by atoms with Gasteiger partial charge in [0.25, 0.3) is 0 Å². The molecule has 2 aliphatic carbocycles. The van der Waals surface area contributed by atoms with Crippen molar-refractivity contribution in [1.82, 2.24) is 9.80 Å². The van der Waals surface area contributed by atoms with E-state index < -0.39 is 0 Å². The molecule has 5 aliphatic rings. The second kappa shape index (κ2) is 8.17. The Kier molecular flexibility index (Phi) is 5.42. The van der Waals surface area contributed by atoms with Crippen molar-refractivity contribution in [2.45, 2.75) is 44.6 Å². The molecule has 3 saturated heterocycles. The van der Waals surface area contributed by atoms with Crippen LogP contribution >= 0.6 is 0 Å². The third-order valence-electron chi connectivity index (χ3n) is 7.87. The van der Waals surface area contributed by atoms with Gasteiger partial charge in [0.2, 0.25) is 5.91 Å². The van der Waals surface area contributed by atoms with Gasteiger partial charge in [-0.15, -0.1) is 0 Å². The van der Waals surface area contributed by atoms with E-state index in [4.69, 9.17) is 4.74 Å². The number of nitrogens with zero attached hydrogens (tertiary/aromatic N) is 3. The van der Waals surface area contributed by atoms with Crippen molar-refractivity contribution in [3.63, 3.8) is 0 Å². The molecule has 4 bridgehead atoms. The molecule has 158 valence electrons. The van der Waals surface area contributed by atoms with Gasteiger partial charge in [0, 0.05) is 51.7 Å². The van der Waals surface area contributed by atoms with Crippen LogP contribution in [0.5, 0.6) is 5.75 Å². The maximum atomic E-state index is 13.1. The fourth-order valence-electron chi connectivity index (χ4n) is 6.59. The van der Waals surface area contributed by atoms with Crippen LogP contribution in [0.25, 0.3) is 0 Å². The zero-order valence-electron chi connectivity index (χ0n) is 17.8. The molecular weight excluding hydrogens is 362 g/mol. The minimum Gasteiger partial charge on any atom is -0.495 e. The number of carbonyl (C=O) groups is 1. The van der Waals surface area contributed by atoms with Gasteiger partial charge in [-0.05, 0) is 62.0 Å². The van der Waals surface area contributed by atoms with E-state index in [9.17, 15) is 4.79 Å². The number of carbonyl (C=O) groups excluding carboxylic acids is 1. The van der Waals surface area contributed by atoms with Crippen LogP contribution in [0.1, 0.15) is 38.5 Å². The number of piperazine rings is 1. The summed E-state index contributed by atoms with van der Waals surface area (Å²) in [6, 6.07) is 8.80. The summed E-state index contributed by atoms with van der Waals surface area (Å²) in [5, 5.41) is 0. The van der Waals surface area contributed by atoms with Crippen LogP contribution in [0.3, 0.4) is 0 Å².